The second-order valence-electron chi connectivity index (χ2n) is 5.97. The minimum atomic E-state index is -2.42. The average molecular weight is 405 g/mol. The lowest BCUT2D eigenvalue weighted by Gasteiger charge is -2.40. The zero-order chi connectivity index (χ0) is 16.8. The molecule has 4 atom stereocenters. The fourth-order valence-electron chi connectivity index (χ4n) is 2.61. The normalized spacial score (nSPS) is 37.0. The third-order valence-corrected chi connectivity index (χ3v) is 21.1. The molecule has 0 aromatic rings. The Morgan fingerprint density at radius 3 is 2.14 bits per heavy atom. The summed E-state index contributed by atoms with van der Waals surface area (Å²) in [6.07, 6.45) is 0.717. The summed E-state index contributed by atoms with van der Waals surface area (Å²) in [6.45, 7) is 11.8. The highest BCUT2D eigenvalue weighted by Crippen LogP contribution is 2.25. The Balaban J connectivity index is 2.77. The Morgan fingerprint density at radius 2 is 1.55 bits per heavy atom. The maximum Gasteiger partial charge on any atom is 0.317 e. The molecular weight excluding hydrogens is 376 g/mol. The predicted octanol–water partition coefficient (Wildman–Crippen LogP) is 1.74. The maximum atomic E-state index is 12.0. The van der Waals surface area contributed by atoms with E-state index >= 15 is 0 Å². The van der Waals surface area contributed by atoms with Crippen LogP contribution in [-0.2, 0) is 25.3 Å². The summed E-state index contributed by atoms with van der Waals surface area (Å²) in [5.41, 5.74) is 0. The van der Waals surface area contributed by atoms with Crippen molar-refractivity contribution in [2.75, 3.05) is 13.5 Å². The van der Waals surface area contributed by atoms with Gasteiger partial charge in [-0.25, -0.2) is 4.39 Å². The van der Waals surface area contributed by atoms with E-state index in [0.29, 0.717) is 13.0 Å². The van der Waals surface area contributed by atoms with Crippen LogP contribution in [0.2, 0.25) is 45.3 Å². The van der Waals surface area contributed by atoms with Gasteiger partial charge in [0.15, 0.2) is 6.86 Å². The summed E-state index contributed by atoms with van der Waals surface area (Å²) < 4.78 is 47.4. The van der Waals surface area contributed by atoms with Gasteiger partial charge in [-0.3, -0.25) is 0 Å². The van der Waals surface area contributed by atoms with Gasteiger partial charge in [0.25, 0.3) is 27.9 Å². The van der Waals surface area contributed by atoms with Gasteiger partial charge in [-0.2, -0.15) is 0 Å². The molecule has 1 aliphatic rings. The van der Waals surface area contributed by atoms with Crippen molar-refractivity contribution in [1.29, 1.82) is 0 Å². The maximum absolute atomic E-state index is 12.0. The van der Waals surface area contributed by atoms with Gasteiger partial charge >= 0.3 is 17.1 Å². The first kappa shape index (κ1) is 20.8. The quantitative estimate of drug-likeness (QED) is 0.514. The summed E-state index contributed by atoms with van der Waals surface area (Å²) in [4.78, 5) is 0. The van der Waals surface area contributed by atoms with E-state index in [9.17, 15) is 4.39 Å². The largest absolute Gasteiger partial charge is 0.420 e. The Kier molecular flexibility index (Phi) is 8.81. The molecule has 0 saturated carbocycles. The Labute approximate surface area is 140 Å². The van der Waals surface area contributed by atoms with Crippen LogP contribution in [0.4, 0.5) is 4.39 Å². The van der Waals surface area contributed by atoms with Crippen molar-refractivity contribution in [3.05, 3.63) is 0 Å². The van der Waals surface area contributed by atoms with Crippen LogP contribution in [0.15, 0.2) is 0 Å². The van der Waals surface area contributed by atoms with Crippen LogP contribution in [0.25, 0.3) is 0 Å². The molecule has 0 radical (unpaired) electrons. The number of alkyl halides is 1. The lowest BCUT2D eigenvalue weighted by Crippen LogP contribution is -2.56. The highest BCUT2D eigenvalue weighted by molar-refractivity contribution is 6.85. The van der Waals surface area contributed by atoms with Crippen molar-refractivity contribution in [3.8, 4) is 0 Å². The molecular formula is C10H29FO6Si5. The van der Waals surface area contributed by atoms with Crippen molar-refractivity contribution in [2.24, 2.45) is 0 Å². The van der Waals surface area contributed by atoms with Gasteiger partial charge < -0.3 is 25.3 Å². The molecule has 22 heavy (non-hydrogen) atoms. The second kappa shape index (κ2) is 9.31. The van der Waals surface area contributed by atoms with Crippen LogP contribution >= 0.6 is 0 Å². The molecule has 0 amide bonds. The van der Waals surface area contributed by atoms with Crippen LogP contribution in [0.3, 0.4) is 0 Å². The van der Waals surface area contributed by atoms with Crippen molar-refractivity contribution >= 4 is 45.0 Å². The Morgan fingerprint density at radius 1 is 0.955 bits per heavy atom. The highest BCUT2D eigenvalue weighted by Gasteiger charge is 2.43. The first-order valence-corrected chi connectivity index (χ1v) is 19.3. The van der Waals surface area contributed by atoms with Gasteiger partial charge in [0.05, 0.1) is 0 Å². The zero-order valence-electron chi connectivity index (χ0n) is 14.4. The fourth-order valence-corrected chi connectivity index (χ4v) is 22.3. The van der Waals surface area contributed by atoms with Crippen LogP contribution in [-0.4, -0.2) is 58.4 Å². The SMILES string of the molecule is C[SiH]1O[SiH](C)O[Si](C)(C)O[Si](C)(CCCOCF)O[SiH](C)O1. The molecule has 1 fully saturated rings. The van der Waals surface area contributed by atoms with E-state index in [4.69, 9.17) is 25.3 Å². The van der Waals surface area contributed by atoms with Gasteiger partial charge in [-0.05, 0) is 51.7 Å². The third kappa shape index (κ3) is 8.05. The van der Waals surface area contributed by atoms with E-state index in [1.165, 1.54) is 0 Å². The molecule has 6 nitrogen and oxygen atoms in total. The molecule has 0 spiro atoms. The molecule has 0 N–H and O–H groups in total. The molecule has 12 heteroatoms. The van der Waals surface area contributed by atoms with E-state index in [1.807, 2.05) is 39.3 Å². The number of hydrogen-bond donors (Lipinski definition) is 0. The lowest BCUT2D eigenvalue weighted by atomic mass is 10.5. The number of rotatable bonds is 5. The average Bonchev–Trinajstić information content (AvgIpc) is 2.30. The second-order valence-corrected chi connectivity index (χ2v) is 19.8. The van der Waals surface area contributed by atoms with Crippen LogP contribution in [0.5, 0.6) is 0 Å². The van der Waals surface area contributed by atoms with Crippen molar-refractivity contribution in [2.45, 2.75) is 51.7 Å². The summed E-state index contributed by atoms with van der Waals surface area (Å²) in [6, 6.07) is 0.750. The van der Waals surface area contributed by atoms with E-state index in [2.05, 4.69) is 0 Å². The third-order valence-electron chi connectivity index (χ3n) is 3.09. The van der Waals surface area contributed by atoms with Crippen LogP contribution in [0, 0.1) is 0 Å². The van der Waals surface area contributed by atoms with Gasteiger partial charge in [0.2, 0.25) is 0 Å². The van der Waals surface area contributed by atoms with Crippen molar-refractivity contribution in [1.82, 2.24) is 0 Å². The minimum Gasteiger partial charge on any atom is -0.420 e. The first-order chi connectivity index (χ1) is 10.2. The van der Waals surface area contributed by atoms with E-state index < -0.39 is 51.8 Å². The summed E-state index contributed by atoms with van der Waals surface area (Å²) in [5, 5.41) is 0. The molecule has 0 aromatic carbocycles. The first-order valence-electron chi connectivity index (χ1n) is 7.66. The monoisotopic (exact) mass is 404 g/mol. The molecule has 1 saturated heterocycles. The Hall–Kier alpha value is 0.774. The van der Waals surface area contributed by atoms with E-state index in [0.717, 1.165) is 6.04 Å². The fraction of sp³-hybridized carbons (Fsp3) is 1.00. The molecule has 1 aliphatic heterocycles. The summed E-state index contributed by atoms with van der Waals surface area (Å²) in [7, 11) is -9.96. The van der Waals surface area contributed by atoms with Gasteiger partial charge in [0, 0.05) is 6.61 Å². The number of hydrogen-bond acceptors (Lipinski definition) is 6. The zero-order valence-corrected chi connectivity index (χ0v) is 19.9. The molecule has 132 valence electrons. The molecule has 0 bridgehead atoms. The predicted molar refractivity (Wildman–Crippen MR) is 94.9 cm³/mol. The number of ether oxygens (including phenoxy) is 1. The molecule has 0 aliphatic carbocycles. The van der Waals surface area contributed by atoms with E-state index in [-0.39, 0.29) is 0 Å². The summed E-state index contributed by atoms with van der Waals surface area (Å²) in [5.74, 6) is 0. The molecule has 1 heterocycles. The van der Waals surface area contributed by atoms with E-state index in [1.54, 1.807) is 0 Å². The lowest BCUT2D eigenvalue weighted by molar-refractivity contribution is 0.0575. The van der Waals surface area contributed by atoms with Crippen LogP contribution in [0.1, 0.15) is 6.42 Å². The Bertz CT molecular complexity index is 341. The smallest absolute Gasteiger partial charge is 0.317 e. The standard InChI is InChI=1S/C10H29FO6Si5/c1-18-13-19(2)15-21(4,5)17-22(6,16-20(3)14-18)9-7-8-12-10-11/h18-20H,7-10H2,1-6H3. The number of halogens is 1. The topological polar surface area (TPSA) is 55.4 Å². The molecule has 0 aromatic heterocycles. The molecule has 1 rings (SSSR count). The van der Waals surface area contributed by atoms with Gasteiger partial charge in [-0.15, -0.1) is 0 Å². The summed E-state index contributed by atoms with van der Waals surface area (Å²) >= 11 is 0. The van der Waals surface area contributed by atoms with Crippen LogP contribution < -0.4 is 0 Å². The highest BCUT2D eigenvalue weighted by atomic mass is 28.5. The van der Waals surface area contributed by atoms with Gasteiger partial charge in [0.1, 0.15) is 0 Å². The van der Waals surface area contributed by atoms with Crippen molar-refractivity contribution in [3.63, 3.8) is 0 Å². The van der Waals surface area contributed by atoms with Crippen molar-refractivity contribution < 1.29 is 29.7 Å². The molecule has 4 unspecified atom stereocenters. The minimum absolute atomic E-state index is 0.380. The van der Waals surface area contributed by atoms with Gasteiger partial charge in [-0.1, -0.05) is 0 Å².